The Morgan fingerprint density at radius 2 is 2.23 bits per heavy atom. The fourth-order valence-electron chi connectivity index (χ4n) is 2.43. The molecule has 1 N–H and O–H groups in total. The van der Waals surface area contributed by atoms with Crippen LogP contribution in [0.3, 0.4) is 0 Å². The molecule has 0 unspecified atom stereocenters. The predicted molar refractivity (Wildman–Crippen MR) is 52.8 cm³/mol. The largest absolute Gasteiger partial charge is 0.383 e. The Morgan fingerprint density at radius 1 is 1.54 bits per heavy atom. The first-order valence-electron chi connectivity index (χ1n) is 4.87. The van der Waals surface area contributed by atoms with E-state index in [0.717, 1.165) is 26.2 Å². The highest BCUT2D eigenvalue weighted by Crippen LogP contribution is 2.48. The first kappa shape index (κ1) is 9.71. The van der Waals surface area contributed by atoms with Crippen molar-refractivity contribution in [2.24, 2.45) is 5.41 Å². The van der Waals surface area contributed by atoms with Crippen LogP contribution in [-0.2, 0) is 4.74 Å². The lowest BCUT2D eigenvalue weighted by Crippen LogP contribution is -2.63. The molecule has 0 bridgehead atoms. The Kier molecular flexibility index (Phi) is 2.79. The predicted octanol–water partition coefficient (Wildman–Crippen LogP) is 0.841. The molecule has 0 atom stereocenters. The second-order valence-electron chi connectivity index (χ2n) is 4.33. The third kappa shape index (κ3) is 1.99. The van der Waals surface area contributed by atoms with Crippen LogP contribution in [0, 0.1) is 5.41 Å². The van der Waals surface area contributed by atoms with Crippen LogP contribution in [0.15, 0.2) is 0 Å². The molecule has 1 heterocycles. The molecule has 0 aromatic carbocycles. The van der Waals surface area contributed by atoms with Crippen molar-refractivity contribution < 1.29 is 4.74 Å². The Morgan fingerprint density at radius 3 is 2.77 bits per heavy atom. The quantitative estimate of drug-likeness (QED) is 0.543. The fourth-order valence-corrected chi connectivity index (χ4v) is 2.94. The summed E-state index contributed by atoms with van der Waals surface area (Å²) in [4.78, 5) is 0. The van der Waals surface area contributed by atoms with Gasteiger partial charge >= 0.3 is 0 Å². The molecule has 1 saturated heterocycles. The molecule has 2 rings (SSSR count). The molecule has 13 heavy (non-hydrogen) atoms. The second-order valence-corrected chi connectivity index (χ2v) is 4.81. The van der Waals surface area contributed by atoms with Crippen molar-refractivity contribution in [3.05, 3.63) is 0 Å². The van der Waals surface area contributed by atoms with Crippen LogP contribution in [0.5, 0.6) is 0 Å². The summed E-state index contributed by atoms with van der Waals surface area (Å²) in [5, 5.41) is 3.47. The Hall–Kier alpha value is 0.170. The monoisotopic (exact) mass is 204 g/mol. The molecule has 3 nitrogen and oxygen atoms in total. The normalized spacial score (nSPS) is 27.2. The van der Waals surface area contributed by atoms with E-state index in [1.165, 1.54) is 12.8 Å². The Balaban J connectivity index is 1.57. The van der Waals surface area contributed by atoms with Crippen LogP contribution >= 0.6 is 11.8 Å². The van der Waals surface area contributed by atoms with Gasteiger partial charge in [0.1, 0.15) is 0 Å². The second kappa shape index (κ2) is 3.73. The topological polar surface area (TPSA) is 24.5 Å². The molecule has 2 fully saturated rings. The van der Waals surface area contributed by atoms with Crippen LogP contribution in [0.1, 0.15) is 12.8 Å². The van der Waals surface area contributed by atoms with Crippen LogP contribution < -0.4 is 5.32 Å². The summed E-state index contributed by atoms with van der Waals surface area (Å²) in [7, 11) is 1.74. The van der Waals surface area contributed by atoms with E-state index in [-0.39, 0.29) is 0 Å². The van der Waals surface area contributed by atoms with Gasteiger partial charge in [0.2, 0.25) is 0 Å². The summed E-state index contributed by atoms with van der Waals surface area (Å²) in [5.74, 6) is 0. The average molecular weight is 205 g/mol. The van der Waals surface area contributed by atoms with Crippen molar-refractivity contribution in [3.8, 4) is 0 Å². The molecule has 0 aromatic heterocycles. The summed E-state index contributed by atoms with van der Waals surface area (Å²) in [6.07, 6.45) is 2.58. The van der Waals surface area contributed by atoms with Crippen LogP contribution in [0.25, 0.3) is 0 Å². The molecule has 1 saturated carbocycles. The van der Waals surface area contributed by atoms with Gasteiger partial charge < -0.3 is 10.1 Å². The van der Waals surface area contributed by atoms with Gasteiger partial charge in [-0.05, 0) is 24.6 Å². The number of hydrogen-bond donors (Lipinski definition) is 1. The van der Waals surface area contributed by atoms with Gasteiger partial charge in [-0.1, -0.05) is 0 Å². The van der Waals surface area contributed by atoms with Crippen LogP contribution in [0.2, 0.25) is 0 Å². The maximum absolute atomic E-state index is 5.81. The molecule has 1 aliphatic carbocycles. The third-order valence-electron chi connectivity index (χ3n) is 3.11. The van der Waals surface area contributed by atoms with Crippen molar-refractivity contribution in [2.45, 2.75) is 18.9 Å². The summed E-state index contributed by atoms with van der Waals surface area (Å²) >= 11 is 5.81. The maximum atomic E-state index is 5.81. The number of hydrogen-bond acceptors (Lipinski definition) is 3. The highest BCUT2D eigenvalue weighted by atomic mass is 35.5. The number of nitrogens with zero attached hydrogens (tertiary/aromatic N) is 1. The van der Waals surface area contributed by atoms with Crippen molar-refractivity contribution >= 4 is 11.8 Å². The van der Waals surface area contributed by atoms with Crippen molar-refractivity contribution in [2.75, 3.05) is 33.4 Å². The molecular weight excluding hydrogens is 188 g/mol. The van der Waals surface area contributed by atoms with Gasteiger partial charge in [0.05, 0.1) is 6.61 Å². The van der Waals surface area contributed by atoms with E-state index in [4.69, 9.17) is 16.5 Å². The van der Waals surface area contributed by atoms with E-state index in [9.17, 15) is 0 Å². The van der Waals surface area contributed by atoms with E-state index in [2.05, 4.69) is 5.32 Å². The Bertz CT molecular complexity index is 174. The first-order valence-corrected chi connectivity index (χ1v) is 5.21. The minimum atomic E-state index is 0.576. The van der Waals surface area contributed by atoms with Gasteiger partial charge in [-0.3, -0.25) is 0 Å². The zero-order valence-electron chi connectivity index (χ0n) is 8.05. The molecule has 76 valence electrons. The van der Waals surface area contributed by atoms with E-state index < -0.39 is 0 Å². The number of nitrogens with one attached hydrogen (secondary N) is 1. The number of halogens is 1. The zero-order valence-corrected chi connectivity index (χ0v) is 8.81. The van der Waals surface area contributed by atoms with Gasteiger partial charge in [-0.15, -0.1) is 0 Å². The summed E-state index contributed by atoms with van der Waals surface area (Å²) in [6, 6.07) is 0.709. The molecule has 0 aromatic rings. The van der Waals surface area contributed by atoms with Gasteiger partial charge in [-0.2, -0.15) is 0 Å². The van der Waals surface area contributed by atoms with Gasteiger partial charge in [0.15, 0.2) is 0 Å². The lowest BCUT2D eigenvalue weighted by molar-refractivity contribution is -0.0340. The molecule has 1 spiro atoms. The van der Waals surface area contributed by atoms with Gasteiger partial charge in [-0.25, -0.2) is 4.42 Å². The van der Waals surface area contributed by atoms with Crippen molar-refractivity contribution in [3.63, 3.8) is 0 Å². The summed E-state index contributed by atoms with van der Waals surface area (Å²) < 4.78 is 6.86. The smallest absolute Gasteiger partial charge is 0.0587 e. The maximum Gasteiger partial charge on any atom is 0.0587 e. The zero-order chi connectivity index (χ0) is 9.31. The molecule has 2 aliphatic rings. The average Bonchev–Trinajstić information content (AvgIpc) is 1.97. The molecule has 0 amide bonds. The van der Waals surface area contributed by atoms with E-state index in [0.29, 0.717) is 11.5 Å². The molecule has 4 heteroatoms. The minimum absolute atomic E-state index is 0.576. The summed E-state index contributed by atoms with van der Waals surface area (Å²) in [5.41, 5.74) is 0.576. The third-order valence-corrected chi connectivity index (χ3v) is 3.35. The molecule has 1 aliphatic heterocycles. The van der Waals surface area contributed by atoms with Crippen molar-refractivity contribution in [1.82, 2.24) is 9.74 Å². The lowest BCUT2D eigenvalue weighted by atomic mass is 9.61. The van der Waals surface area contributed by atoms with Crippen molar-refractivity contribution in [1.29, 1.82) is 0 Å². The number of methoxy groups -OCH3 is 1. The lowest BCUT2D eigenvalue weighted by Gasteiger charge is -2.57. The summed E-state index contributed by atoms with van der Waals surface area (Å²) in [6.45, 7) is 3.95. The fraction of sp³-hybridized carbons (Fsp3) is 1.00. The molecular formula is C9H17ClN2O. The van der Waals surface area contributed by atoms with Gasteiger partial charge in [0.25, 0.3) is 0 Å². The van der Waals surface area contributed by atoms with E-state index in [1.54, 1.807) is 7.11 Å². The first-order chi connectivity index (χ1) is 6.24. The standard InChI is InChI=1S/C9H17ClN2O/c1-13-3-2-11-8-4-9(5-8)6-12(10)7-9/h8,11H,2-7H2,1H3. The Labute approximate surface area is 84.5 Å². The van der Waals surface area contributed by atoms with E-state index >= 15 is 0 Å². The van der Waals surface area contributed by atoms with E-state index in [1.807, 2.05) is 4.42 Å². The van der Waals surface area contributed by atoms with Gasteiger partial charge in [0, 0.05) is 38.2 Å². The SMILES string of the molecule is COCCNC1CC2(C1)CN(Cl)C2. The highest BCUT2D eigenvalue weighted by molar-refractivity contribution is 6.13. The number of ether oxygens (including phenoxy) is 1. The van der Waals surface area contributed by atoms with Crippen LogP contribution in [0.4, 0.5) is 0 Å². The minimum Gasteiger partial charge on any atom is -0.383 e. The number of rotatable bonds is 4. The highest BCUT2D eigenvalue weighted by Gasteiger charge is 2.51. The van der Waals surface area contributed by atoms with Crippen LogP contribution in [-0.4, -0.2) is 43.8 Å². The molecule has 0 radical (unpaired) electrons.